The molecule has 0 saturated carbocycles. The van der Waals surface area contributed by atoms with Crippen LogP contribution in [0.15, 0.2) is 48.5 Å². The van der Waals surface area contributed by atoms with Crippen LogP contribution in [-0.2, 0) is 6.42 Å². The van der Waals surface area contributed by atoms with E-state index in [0.29, 0.717) is 5.56 Å². The molecule has 2 aromatic carbocycles. The Morgan fingerprint density at radius 1 is 1.14 bits per heavy atom. The Morgan fingerprint density at radius 3 is 2.52 bits per heavy atom. The van der Waals surface area contributed by atoms with Crippen LogP contribution >= 0.6 is 12.4 Å². The van der Waals surface area contributed by atoms with Crippen LogP contribution in [0.2, 0.25) is 0 Å². The topological polar surface area (TPSA) is 45.0 Å². The van der Waals surface area contributed by atoms with Gasteiger partial charge in [0.1, 0.15) is 11.9 Å². The van der Waals surface area contributed by atoms with Crippen LogP contribution < -0.4 is 10.1 Å². The third-order valence-electron chi connectivity index (χ3n) is 3.78. The van der Waals surface area contributed by atoms with E-state index in [9.17, 15) is 0 Å². The number of halogens is 1. The average molecular weight is 301 g/mol. The molecule has 0 heterocycles. The lowest BCUT2D eigenvalue weighted by molar-refractivity contribution is 0.172. The quantitative estimate of drug-likeness (QED) is 0.946. The van der Waals surface area contributed by atoms with Crippen LogP contribution in [0.1, 0.15) is 22.8 Å². The molecule has 21 heavy (non-hydrogen) atoms. The molecule has 0 aromatic heterocycles. The molecule has 0 aliphatic heterocycles. The first kappa shape index (κ1) is 15.4. The lowest BCUT2D eigenvalue weighted by Crippen LogP contribution is -2.32. The summed E-state index contributed by atoms with van der Waals surface area (Å²) in [5.74, 6) is 0.797. The van der Waals surface area contributed by atoms with Gasteiger partial charge in [-0.3, -0.25) is 0 Å². The maximum absolute atomic E-state index is 8.82. The van der Waals surface area contributed by atoms with Crippen LogP contribution in [-0.4, -0.2) is 13.1 Å². The number of nitriles is 1. The molecular formula is C17H17ClN2O. The molecule has 3 rings (SSSR count). The second-order valence-electron chi connectivity index (χ2n) is 4.97. The zero-order chi connectivity index (χ0) is 13.9. The fourth-order valence-corrected chi connectivity index (χ4v) is 2.71. The summed E-state index contributed by atoms with van der Waals surface area (Å²) < 4.78 is 6.13. The lowest BCUT2D eigenvalue weighted by Gasteiger charge is -2.21. The minimum absolute atomic E-state index is 0. The van der Waals surface area contributed by atoms with E-state index in [1.807, 2.05) is 25.2 Å². The first-order valence-corrected chi connectivity index (χ1v) is 6.73. The van der Waals surface area contributed by atoms with Crippen molar-refractivity contribution in [2.24, 2.45) is 0 Å². The summed E-state index contributed by atoms with van der Waals surface area (Å²) in [6.45, 7) is 0. The fraction of sp³-hybridized carbons (Fsp3) is 0.235. The van der Waals surface area contributed by atoms with Gasteiger partial charge in [0.2, 0.25) is 0 Å². The number of likely N-dealkylation sites (N-methyl/N-ethyl adjacent to an activating group) is 1. The number of benzene rings is 2. The number of hydrogen-bond donors (Lipinski definition) is 1. The van der Waals surface area contributed by atoms with Gasteiger partial charge >= 0.3 is 0 Å². The molecule has 108 valence electrons. The number of rotatable bonds is 3. The van der Waals surface area contributed by atoms with E-state index in [-0.39, 0.29) is 24.6 Å². The molecule has 0 saturated heterocycles. The molecular weight excluding hydrogens is 284 g/mol. The van der Waals surface area contributed by atoms with Crippen LogP contribution in [0, 0.1) is 11.3 Å². The van der Waals surface area contributed by atoms with E-state index in [0.717, 1.165) is 12.2 Å². The van der Waals surface area contributed by atoms with Gasteiger partial charge in [0, 0.05) is 0 Å². The molecule has 0 bridgehead atoms. The Balaban J connectivity index is 0.00000161. The van der Waals surface area contributed by atoms with E-state index in [2.05, 4.69) is 29.6 Å². The van der Waals surface area contributed by atoms with Crippen molar-refractivity contribution in [3.8, 4) is 11.8 Å². The van der Waals surface area contributed by atoms with Gasteiger partial charge in [0.15, 0.2) is 0 Å². The minimum Gasteiger partial charge on any atom is -0.484 e. The van der Waals surface area contributed by atoms with E-state index in [4.69, 9.17) is 10.00 Å². The normalized spacial score (nSPS) is 19.2. The summed E-state index contributed by atoms with van der Waals surface area (Å²) in [5.41, 5.74) is 3.23. The van der Waals surface area contributed by atoms with Crippen molar-refractivity contribution in [2.45, 2.75) is 18.6 Å². The molecule has 2 unspecified atom stereocenters. The van der Waals surface area contributed by atoms with E-state index in [1.54, 1.807) is 12.1 Å². The van der Waals surface area contributed by atoms with Crippen molar-refractivity contribution >= 4 is 12.4 Å². The smallest absolute Gasteiger partial charge is 0.140 e. The molecule has 0 radical (unpaired) electrons. The highest BCUT2D eigenvalue weighted by atomic mass is 35.5. The fourth-order valence-electron chi connectivity index (χ4n) is 2.71. The molecule has 3 nitrogen and oxygen atoms in total. The molecule has 4 heteroatoms. The van der Waals surface area contributed by atoms with Gasteiger partial charge in [-0.1, -0.05) is 24.3 Å². The Hall–Kier alpha value is -2.02. The summed E-state index contributed by atoms with van der Waals surface area (Å²) >= 11 is 0. The summed E-state index contributed by atoms with van der Waals surface area (Å²) in [7, 11) is 1.96. The highest BCUT2D eigenvalue weighted by molar-refractivity contribution is 5.85. The standard InChI is InChI=1S/C17H16N2O.ClH/c1-19-16-10-13-4-2-3-5-15(13)17(16)20-14-8-6-12(11-18)7-9-14;/h2-9,16-17,19H,10H2,1H3;1H. The van der Waals surface area contributed by atoms with Crippen LogP contribution in [0.25, 0.3) is 0 Å². The van der Waals surface area contributed by atoms with Crippen molar-refractivity contribution in [3.63, 3.8) is 0 Å². The van der Waals surface area contributed by atoms with Gasteiger partial charge in [-0.05, 0) is 48.9 Å². The Labute approximate surface area is 131 Å². The van der Waals surface area contributed by atoms with Crippen molar-refractivity contribution in [2.75, 3.05) is 7.05 Å². The van der Waals surface area contributed by atoms with Gasteiger partial charge in [-0.2, -0.15) is 5.26 Å². The van der Waals surface area contributed by atoms with Crippen molar-refractivity contribution in [3.05, 3.63) is 65.2 Å². The highest BCUT2D eigenvalue weighted by Crippen LogP contribution is 2.35. The van der Waals surface area contributed by atoms with E-state index >= 15 is 0 Å². The monoisotopic (exact) mass is 300 g/mol. The van der Waals surface area contributed by atoms with Gasteiger partial charge < -0.3 is 10.1 Å². The summed E-state index contributed by atoms with van der Waals surface area (Å²) in [4.78, 5) is 0. The van der Waals surface area contributed by atoms with E-state index < -0.39 is 0 Å². The van der Waals surface area contributed by atoms with Gasteiger partial charge in [-0.25, -0.2) is 0 Å². The van der Waals surface area contributed by atoms with Crippen LogP contribution in [0.5, 0.6) is 5.75 Å². The van der Waals surface area contributed by atoms with E-state index in [1.165, 1.54) is 11.1 Å². The Kier molecular flexibility index (Phi) is 4.85. The van der Waals surface area contributed by atoms with Crippen LogP contribution in [0.4, 0.5) is 0 Å². The number of nitrogens with one attached hydrogen (secondary N) is 1. The number of nitrogens with zero attached hydrogens (tertiary/aromatic N) is 1. The number of ether oxygens (including phenoxy) is 1. The predicted molar refractivity (Wildman–Crippen MR) is 84.8 cm³/mol. The average Bonchev–Trinajstić information content (AvgIpc) is 2.86. The molecule has 0 amide bonds. The van der Waals surface area contributed by atoms with Gasteiger partial charge in [0.05, 0.1) is 17.7 Å². The third kappa shape index (κ3) is 3.02. The second-order valence-corrected chi connectivity index (χ2v) is 4.97. The Bertz CT molecular complexity index is 649. The SMILES string of the molecule is CNC1Cc2ccccc2C1Oc1ccc(C#N)cc1.Cl. The third-order valence-corrected chi connectivity index (χ3v) is 3.78. The van der Waals surface area contributed by atoms with Crippen molar-refractivity contribution < 1.29 is 4.74 Å². The second kappa shape index (κ2) is 6.62. The van der Waals surface area contributed by atoms with Crippen molar-refractivity contribution in [1.82, 2.24) is 5.32 Å². The molecule has 2 aromatic rings. The lowest BCUT2D eigenvalue weighted by atomic mass is 10.1. The molecule has 0 spiro atoms. The zero-order valence-electron chi connectivity index (χ0n) is 11.7. The minimum atomic E-state index is 0. The first-order valence-electron chi connectivity index (χ1n) is 6.73. The maximum Gasteiger partial charge on any atom is 0.140 e. The molecule has 2 atom stereocenters. The maximum atomic E-state index is 8.82. The first-order chi connectivity index (χ1) is 9.81. The molecule has 1 N–H and O–H groups in total. The molecule has 0 fully saturated rings. The van der Waals surface area contributed by atoms with Gasteiger partial charge in [-0.15, -0.1) is 12.4 Å². The number of fused-ring (bicyclic) bond motifs is 1. The summed E-state index contributed by atoms with van der Waals surface area (Å²) in [5, 5.41) is 12.1. The summed E-state index contributed by atoms with van der Waals surface area (Å²) in [6, 6.07) is 18.1. The predicted octanol–water partition coefficient (Wildman–Crippen LogP) is 3.24. The molecule has 1 aliphatic rings. The van der Waals surface area contributed by atoms with Gasteiger partial charge in [0.25, 0.3) is 0 Å². The van der Waals surface area contributed by atoms with Crippen LogP contribution in [0.3, 0.4) is 0 Å². The number of hydrogen-bond acceptors (Lipinski definition) is 3. The largest absolute Gasteiger partial charge is 0.484 e. The van der Waals surface area contributed by atoms with Crippen molar-refractivity contribution in [1.29, 1.82) is 5.26 Å². The Morgan fingerprint density at radius 2 is 1.86 bits per heavy atom. The molecule has 1 aliphatic carbocycles. The zero-order valence-corrected chi connectivity index (χ0v) is 12.6. The highest BCUT2D eigenvalue weighted by Gasteiger charge is 2.32. The summed E-state index contributed by atoms with van der Waals surface area (Å²) in [6.07, 6.45) is 0.997.